The third-order valence-electron chi connectivity index (χ3n) is 4.06. The molecule has 3 rings (SSSR count). The molecule has 1 aromatic rings. The second kappa shape index (κ2) is 3.81. The van der Waals surface area contributed by atoms with E-state index in [1.165, 1.54) is 6.08 Å². The van der Waals surface area contributed by atoms with Gasteiger partial charge in [-0.2, -0.15) is 0 Å². The van der Waals surface area contributed by atoms with Gasteiger partial charge >= 0.3 is 0 Å². The van der Waals surface area contributed by atoms with Crippen molar-refractivity contribution >= 4 is 11.6 Å². The van der Waals surface area contributed by atoms with E-state index in [2.05, 4.69) is 0 Å². The molecule has 1 atom stereocenters. The van der Waals surface area contributed by atoms with Crippen LogP contribution in [0.3, 0.4) is 0 Å². The second-order valence-electron chi connectivity index (χ2n) is 5.24. The molecule has 0 aromatic carbocycles. The molecule has 1 aliphatic carbocycles. The number of rotatable bonds is 2. The summed E-state index contributed by atoms with van der Waals surface area (Å²) in [6.07, 6.45) is 1.43. The zero-order chi connectivity index (χ0) is 13.9. The molecule has 100 valence electrons. The highest BCUT2D eigenvalue weighted by Crippen LogP contribution is 2.34. The number of carbonyl (C=O) groups is 2. The maximum Gasteiger partial charge on any atom is 0.211 e. The predicted molar refractivity (Wildman–Crippen MR) is 69.0 cm³/mol. The summed E-state index contributed by atoms with van der Waals surface area (Å²) in [4.78, 5) is 26.7. The Balaban J connectivity index is 2.17. The number of nitrogens with zero attached hydrogens (tertiary/aromatic N) is 2. The average Bonchev–Trinajstić information content (AvgIpc) is 3.01. The number of Topliss-reactive ketones (excluding diaryl/α,β-unsaturated/α-hetero) is 1. The van der Waals surface area contributed by atoms with Crippen molar-refractivity contribution in [3.63, 3.8) is 0 Å². The van der Waals surface area contributed by atoms with Gasteiger partial charge in [0.15, 0.2) is 0 Å². The molecule has 0 bridgehead atoms. The average molecular weight is 260 g/mol. The van der Waals surface area contributed by atoms with Gasteiger partial charge in [0.1, 0.15) is 5.69 Å². The molecule has 0 radical (unpaired) electrons. The summed E-state index contributed by atoms with van der Waals surface area (Å²) in [5.74, 6) is -0.263. The Morgan fingerprint density at radius 2 is 2.05 bits per heavy atom. The van der Waals surface area contributed by atoms with Crippen LogP contribution < -0.4 is 0 Å². The number of allylic oxidation sites excluding steroid dienone is 2. The molecule has 1 unspecified atom stereocenters. The van der Waals surface area contributed by atoms with Crippen molar-refractivity contribution in [2.24, 2.45) is 7.05 Å². The minimum atomic E-state index is -0.175. The molecule has 5 nitrogen and oxygen atoms in total. The summed E-state index contributed by atoms with van der Waals surface area (Å²) >= 11 is 0. The van der Waals surface area contributed by atoms with Crippen molar-refractivity contribution in [2.45, 2.75) is 26.5 Å². The number of aliphatic hydroxyl groups is 1. The highest BCUT2D eigenvalue weighted by atomic mass is 16.3. The van der Waals surface area contributed by atoms with Crippen LogP contribution in [-0.4, -0.2) is 38.7 Å². The number of aliphatic hydroxyl groups excluding tert-OH is 1. The van der Waals surface area contributed by atoms with Crippen LogP contribution >= 0.6 is 0 Å². The summed E-state index contributed by atoms with van der Waals surface area (Å²) in [6.45, 7) is 4.44. The predicted octanol–water partition coefficient (Wildman–Crippen LogP) is 0.793. The molecule has 2 aliphatic rings. The number of carbonyl (C=O) groups excluding carboxylic acids is 2. The molecule has 0 saturated carbocycles. The lowest BCUT2D eigenvalue weighted by atomic mass is 9.95. The molecule has 5 heteroatoms. The van der Waals surface area contributed by atoms with Gasteiger partial charge in [-0.25, -0.2) is 0 Å². The Morgan fingerprint density at radius 3 is 2.58 bits per heavy atom. The number of hydrogen-bond acceptors (Lipinski definition) is 4. The fourth-order valence-electron chi connectivity index (χ4n) is 2.84. The largest absolute Gasteiger partial charge is 0.390 e. The van der Waals surface area contributed by atoms with Crippen LogP contribution in [-0.2, 0) is 13.7 Å². The van der Waals surface area contributed by atoms with Gasteiger partial charge in [0.25, 0.3) is 0 Å². The summed E-state index contributed by atoms with van der Waals surface area (Å²) in [6, 6.07) is 0.325. The quantitative estimate of drug-likeness (QED) is 0.799. The van der Waals surface area contributed by atoms with E-state index in [9.17, 15) is 14.7 Å². The van der Waals surface area contributed by atoms with Crippen molar-refractivity contribution < 1.29 is 14.7 Å². The van der Waals surface area contributed by atoms with Gasteiger partial charge in [-0.1, -0.05) is 0 Å². The van der Waals surface area contributed by atoms with Gasteiger partial charge in [0.05, 0.1) is 17.9 Å². The van der Waals surface area contributed by atoms with Crippen molar-refractivity contribution in [2.75, 3.05) is 6.54 Å². The van der Waals surface area contributed by atoms with Crippen molar-refractivity contribution in [1.82, 2.24) is 9.47 Å². The zero-order valence-electron chi connectivity index (χ0n) is 11.2. The second-order valence-corrected chi connectivity index (χ2v) is 5.24. The molecule has 1 aliphatic heterocycles. The molecule has 0 amide bonds. The van der Waals surface area contributed by atoms with E-state index in [0.717, 1.165) is 6.54 Å². The summed E-state index contributed by atoms with van der Waals surface area (Å²) in [5.41, 5.74) is 2.67. The van der Waals surface area contributed by atoms with E-state index in [4.69, 9.17) is 0 Å². The van der Waals surface area contributed by atoms with Crippen LogP contribution in [0.2, 0.25) is 0 Å². The molecular weight excluding hydrogens is 244 g/mol. The SMILES string of the molecule is Cc1c2c(n(C)c1CO)C(=O)C=C(N1CC1C)C2=O. The van der Waals surface area contributed by atoms with Gasteiger partial charge in [0.2, 0.25) is 11.6 Å². The molecule has 1 fully saturated rings. The highest BCUT2D eigenvalue weighted by Gasteiger charge is 2.40. The van der Waals surface area contributed by atoms with Crippen LogP contribution in [0.1, 0.15) is 39.0 Å². The topological polar surface area (TPSA) is 62.3 Å². The summed E-state index contributed by atoms with van der Waals surface area (Å²) in [5, 5.41) is 9.38. The lowest BCUT2D eigenvalue weighted by Gasteiger charge is -2.15. The van der Waals surface area contributed by atoms with Crippen LogP contribution in [0.15, 0.2) is 11.8 Å². The van der Waals surface area contributed by atoms with Crippen LogP contribution in [0.25, 0.3) is 0 Å². The van der Waals surface area contributed by atoms with Gasteiger partial charge in [0, 0.05) is 31.4 Å². The van der Waals surface area contributed by atoms with E-state index >= 15 is 0 Å². The van der Waals surface area contributed by atoms with E-state index < -0.39 is 0 Å². The van der Waals surface area contributed by atoms with Gasteiger partial charge < -0.3 is 14.6 Å². The van der Waals surface area contributed by atoms with Crippen LogP contribution in [0, 0.1) is 6.92 Å². The van der Waals surface area contributed by atoms with Gasteiger partial charge in [-0.3, -0.25) is 9.59 Å². The van der Waals surface area contributed by atoms with Crippen LogP contribution in [0.4, 0.5) is 0 Å². The smallest absolute Gasteiger partial charge is 0.211 e. The zero-order valence-corrected chi connectivity index (χ0v) is 11.2. The molecule has 19 heavy (non-hydrogen) atoms. The Morgan fingerprint density at radius 1 is 1.42 bits per heavy atom. The van der Waals surface area contributed by atoms with Gasteiger partial charge in [-0.05, 0) is 19.4 Å². The normalized spacial score (nSPS) is 21.6. The third-order valence-corrected chi connectivity index (χ3v) is 4.06. The minimum absolute atomic E-state index is 0.105. The van der Waals surface area contributed by atoms with Crippen molar-refractivity contribution in [3.8, 4) is 0 Å². The maximum atomic E-state index is 12.5. The highest BCUT2D eigenvalue weighted by molar-refractivity contribution is 6.24. The van der Waals surface area contributed by atoms with Gasteiger partial charge in [-0.15, -0.1) is 0 Å². The number of hydrogen-bond donors (Lipinski definition) is 1. The lowest BCUT2D eigenvalue weighted by molar-refractivity contribution is 0.0964. The van der Waals surface area contributed by atoms with Crippen molar-refractivity contribution in [1.29, 1.82) is 0 Å². The van der Waals surface area contributed by atoms with E-state index in [1.54, 1.807) is 18.5 Å². The molecule has 0 spiro atoms. The first-order valence-electron chi connectivity index (χ1n) is 6.33. The molecule has 1 N–H and O–H groups in total. The maximum absolute atomic E-state index is 12.5. The fraction of sp³-hybridized carbons (Fsp3) is 0.429. The standard InChI is InChI=1S/C14H16N2O3/c1-7-5-16(7)9-4-11(18)13-12(14(9)19)8(2)10(6-17)15(13)3/h4,7,17H,5-6H2,1-3H3. The van der Waals surface area contributed by atoms with Crippen molar-refractivity contribution in [3.05, 3.63) is 34.3 Å². The number of aromatic nitrogens is 1. The third kappa shape index (κ3) is 1.51. The monoisotopic (exact) mass is 260 g/mol. The Kier molecular flexibility index (Phi) is 2.44. The van der Waals surface area contributed by atoms with E-state index in [1.807, 2.05) is 11.8 Å². The fourth-order valence-corrected chi connectivity index (χ4v) is 2.84. The Labute approximate surface area is 111 Å². The molecular formula is C14H16N2O3. The first kappa shape index (κ1) is 12.2. The first-order valence-corrected chi connectivity index (χ1v) is 6.33. The molecule has 1 aromatic heterocycles. The first-order chi connectivity index (χ1) is 8.97. The minimum Gasteiger partial charge on any atom is -0.390 e. The number of ketones is 2. The van der Waals surface area contributed by atoms with E-state index in [-0.39, 0.29) is 18.2 Å². The Hall–Kier alpha value is -1.88. The van der Waals surface area contributed by atoms with Crippen LogP contribution in [0.5, 0.6) is 0 Å². The number of fused-ring (bicyclic) bond motifs is 1. The summed E-state index contributed by atoms with van der Waals surface area (Å²) < 4.78 is 1.63. The molecule has 1 saturated heterocycles. The summed E-state index contributed by atoms with van der Waals surface area (Å²) in [7, 11) is 1.71. The Bertz CT molecular complexity index is 640. The lowest BCUT2D eigenvalue weighted by Crippen LogP contribution is -2.23. The van der Waals surface area contributed by atoms with E-state index in [0.29, 0.717) is 34.3 Å². The molecule has 2 heterocycles.